The molecule has 2 rings (SSSR count). The van der Waals surface area contributed by atoms with Crippen LogP contribution in [0.4, 0.5) is 0 Å². The number of benzene rings is 1. The van der Waals surface area contributed by atoms with Crippen LogP contribution in [0.1, 0.15) is 12.5 Å². The van der Waals surface area contributed by atoms with Gasteiger partial charge in [-0.3, -0.25) is 9.80 Å². The summed E-state index contributed by atoms with van der Waals surface area (Å²) in [6.07, 6.45) is -0.212. The van der Waals surface area contributed by atoms with E-state index in [4.69, 9.17) is 0 Å². The van der Waals surface area contributed by atoms with E-state index < -0.39 is 0 Å². The van der Waals surface area contributed by atoms with E-state index in [-0.39, 0.29) is 30.9 Å². The summed E-state index contributed by atoms with van der Waals surface area (Å²) in [5.41, 5.74) is 1.39. The number of halogens is 2. The molecule has 0 bridgehead atoms. The molecule has 1 aliphatic heterocycles. The van der Waals surface area contributed by atoms with Crippen molar-refractivity contribution in [1.29, 1.82) is 0 Å². The van der Waals surface area contributed by atoms with Gasteiger partial charge in [-0.05, 0) is 12.5 Å². The van der Waals surface area contributed by atoms with Gasteiger partial charge >= 0.3 is 0 Å². The molecule has 5 heteroatoms. The maximum absolute atomic E-state index is 9.35. The lowest BCUT2D eigenvalue weighted by Gasteiger charge is -2.35. The third kappa shape index (κ3) is 6.59. The molecular weight excluding hydrogens is 283 g/mol. The van der Waals surface area contributed by atoms with E-state index in [0.29, 0.717) is 0 Å². The highest BCUT2D eigenvalue weighted by Gasteiger charge is 2.17. The maximum atomic E-state index is 9.35. The van der Waals surface area contributed by atoms with Crippen molar-refractivity contribution in [2.45, 2.75) is 19.6 Å². The monoisotopic (exact) mass is 306 g/mol. The Labute approximate surface area is 128 Å². The second-order valence-electron chi connectivity index (χ2n) is 4.91. The number of aliphatic hydroxyl groups is 1. The molecular formula is C14H24Cl2N2O. The third-order valence-corrected chi connectivity index (χ3v) is 3.24. The Morgan fingerprint density at radius 3 is 2.05 bits per heavy atom. The normalized spacial score (nSPS) is 18.2. The summed E-state index contributed by atoms with van der Waals surface area (Å²) in [6, 6.07) is 10.6. The minimum Gasteiger partial charge on any atom is -0.392 e. The second kappa shape index (κ2) is 9.56. The molecule has 1 aromatic rings. The van der Waals surface area contributed by atoms with E-state index in [0.717, 1.165) is 39.3 Å². The first-order valence-corrected chi connectivity index (χ1v) is 6.41. The molecule has 1 aliphatic rings. The molecule has 0 radical (unpaired) electrons. The summed E-state index contributed by atoms with van der Waals surface area (Å²) >= 11 is 0. The van der Waals surface area contributed by atoms with Gasteiger partial charge in [-0.1, -0.05) is 30.3 Å². The summed E-state index contributed by atoms with van der Waals surface area (Å²) in [7, 11) is 0. The van der Waals surface area contributed by atoms with Gasteiger partial charge in [0.05, 0.1) is 6.10 Å². The zero-order valence-corrected chi connectivity index (χ0v) is 13.0. The molecule has 1 fully saturated rings. The average molecular weight is 307 g/mol. The van der Waals surface area contributed by atoms with Crippen molar-refractivity contribution in [2.24, 2.45) is 0 Å². The first-order chi connectivity index (χ1) is 8.24. The molecule has 19 heavy (non-hydrogen) atoms. The Bertz CT molecular complexity index is 327. The van der Waals surface area contributed by atoms with Crippen molar-refractivity contribution in [3.05, 3.63) is 35.9 Å². The van der Waals surface area contributed by atoms with Crippen molar-refractivity contribution >= 4 is 24.8 Å². The summed E-state index contributed by atoms with van der Waals surface area (Å²) in [5, 5.41) is 9.35. The summed E-state index contributed by atoms with van der Waals surface area (Å²) in [5.74, 6) is 0. The molecule has 1 saturated heterocycles. The van der Waals surface area contributed by atoms with Gasteiger partial charge in [0, 0.05) is 39.3 Å². The van der Waals surface area contributed by atoms with Crippen molar-refractivity contribution in [1.82, 2.24) is 9.80 Å². The van der Waals surface area contributed by atoms with E-state index in [1.54, 1.807) is 0 Å². The first kappa shape index (κ1) is 18.7. The molecule has 0 amide bonds. The number of nitrogens with zero attached hydrogens (tertiary/aromatic N) is 2. The number of rotatable bonds is 4. The number of aliphatic hydroxyl groups excluding tert-OH is 1. The Hall–Kier alpha value is -0.320. The zero-order chi connectivity index (χ0) is 12.1. The quantitative estimate of drug-likeness (QED) is 0.922. The number of hydrogen-bond donors (Lipinski definition) is 1. The van der Waals surface area contributed by atoms with Gasteiger partial charge in [0.15, 0.2) is 0 Å². The standard InChI is InChI=1S/C14H22N2O.2ClH/c1-13(17)11-15-7-9-16(10-8-15)12-14-5-3-2-4-6-14;;/h2-6,13,17H,7-12H2,1H3;2*1H. The molecule has 1 heterocycles. The van der Waals surface area contributed by atoms with Gasteiger partial charge in [0.2, 0.25) is 0 Å². The Morgan fingerprint density at radius 2 is 1.53 bits per heavy atom. The Morgan fingerprint density at radius 1 is 1.00 bits per heavy atom. The smallest absolute Gasteiger partial charge is 0.0639 e. The van der Waals surface area contributed by atoms with Gasteiger partial charge in [0.25, 0.3) is 0 Å². The van der Waals surface area contributed by atoms with Gasteiger partial charge in [-0.15, -0.1) is 24.8 Å². The van der Waals surface area contributed by atoms with Crippen LogP contribution in [0.2, 0.25) is 0 Å². The van der Waals surface area contributed by atoms with E-state index >= 15 is 0 Å². The van der Waals surface area contributed by atoms with Gasteiger partial charge in [0.1, 0.15) is 0 Å². The SMILES string of the molecule is CC(O)CN1CCN(Cc2ccccc2)CC1.Cl.Cl. The van der Waals surface area contributed by atoms with Crippen LogP contribution in [0.25, 0.3) is 0 Å². The fourth-order valence-corrected chi connectivity index (χ4v) is 2.35. The lowest BCUT2D eigenvalue weighted by molar-refractivity contribution is 0.0781. The minimum absolute atomic E-state index is 0. The van der Waals surface area contributed by atoms with Crippen LogP contribution in [-0.2, 0) is 6.54 Å². The van der Waals surface area contributed by atoms with E-state index in [2.05, 4.69) is 40.1 Å². The highest BCUT2D eigenvalue weighted by Crippen LogP contribution is 2.08. The lowest BCUT2D eigenvalue weighted by Crippen LogP contribution is -2.47. The molecule has 0 saturated carbocycles. The van der Waals surface area contributed by atoms with Crippen molar-refractivity contribution < 1.29 is 5.11 Å². The van der Waals surface area contributed by atoms with Crippen LogP contribution in [0.15, 0.2) is 30.3 Å². The van der Waals surface area contributed by atoms with E-state index in [9.17, 15) is 5.11 Å². The van der Waals surface area contributed by atoms with Gasteiger partial charge in [-0.25, -0.2) is 0 Å². The fraction of sp³-hybridized carbons (Fsp3) is 0.571. The summed E-state index contributed by atoms with van der Waals surface area (Å²) in [4.78, 5) is 4.82. The highest BCUT2D eigenvalue weighted by atomic mass is 35.5. The van der Waals surface area contributed by atoms with Crippen LogP contribution in [0.3, 0.4) is 0 Å². The number of piperazine rings is 1. The largest absolute Gasteiger partial charge is 0.392 e. The lowest BCUT2D eigenvalue weighted by atomic mass is 10.2. The first-order valence-electron chi connectivity index (χ1n) is 6.41. The molecule has 1 aromatic carbocycles. The minimum atomic E-state index is -0.212. The molecule has 0 spiro atoms. The number of hydrogen-bond acceptors (Lipinski definition) is 3. The Kier molecular flexibility index (Phi) is 9.40. The summed E-state index contributed by atoms with van der Waals surface area (Å²) < 4.78 is 0. The third-order valence-electron chi connectivity index (χ3n) is 3.24. The Balaban J connectivity index is 0.00000162. The van der Waals surface area contributed by atoms with Crippen LogP contribution < -0.4 is 0 Å². The number of β-amino-alcohol motifs (C(OH)–C–C–N with tert-alkyl or cyclic N) is 1. The van der Waals surface area contributed by atoms with E-state index in [1.165, 1.54) is 5.56 Å². The predicted octanol–water partition coefficient (Wildman–Crippen LogP) is 2.03. The van der Waals surface area contributed by atoms with Crippen LogP contribution in [-0.4, -0.2) is 53.7 Å². The highest BCUT2D eigenvalue weighted by molar-refractivity contribution is 5.85. The molecule has 110 valence electrons. The average Bonchev–Trinajstić information content (AvgIpc) is 2.32. The molecule has 1 atom stereocenters. The van der Waals surface area contributed by atoms with Gasteiger partial charge < -0.3 is 5.11 Å². The molecule has 0 aromatic heterocycles. The fourth-order valence-electron chi connectivity index (χ4n) is 2.35. The predicted molar refractivity (Wildman–Crippen MR) is 84.3 cm³/mol. The summed E-state index contributed by atoms with van der Waals surface area (Å²) in [6.45, 7) is 8.04. The zero-order valence-electron chi connectivity index (χ0n) is 11.4. The van der Waals surface area contributed by atoms with E-state index in [1.807, 2.05) is 6.92 Å². The van der Waals surface area contributed by atoms with Gasteiger partial charge in [-0.2, -0.15) is 0 Å². The molecule has 0 aliphatic carbocycles. The van der Waals surface area contributed by atoms with Crippen molar-refractivity contribution in [2.75, 3.05) is 32.7 Å². The molecule has 1 N–H and O–H groups in total. The van der Waals surface area contributed by atoms with Crippen LogP contribution >= 0.6 is 24.8 Å². The van der Waals surface area contributed by atoms with Crippen LogP contribution in [0.5, 0.6) is 0 Å². The van der Waals surface area contributed by atoms with Crippen molar-refractivity contribution in [3.63, 3.8) is 0 Å². The second-order valence-corrected chi connectivity index (χ2v) is 4.91. The topological polar surface area (TPSA) is 26.7 Å². The van der Waals surface area contributed by atoms with Crippen molar-refractivity contribution in [3.8, 4) is 0 Å². The maximum Gasteiger partial charge on any atom is 0.0639 e. The molecule has 1 unspecified atom stereocenters. The molecule has 3 nitrogen and oxygen atoms in total. The van der Waals surface area contributed by atoms with Crippen LogP contribution in [0, 0.1) is 0 Å².